The standard InChI is InChI=1S/C19H13F6N3O/c1-28-17(22)14(15(27-28)19(23,24)25)18(29)26-13-9-5-4-7-11(13)10-6-2-3-8-12(10)16(20)21/h2-9,16H,1H3,(H,26,29). The lowest BCUT2D eigenvalue weighted by Crippen LogP contribution is -2.19. The average molecular weight is 413 g/mol. The van der Waals surface area contributed by atoms with Crippen molar-refractivity contribution in [3.63, 3.8) is 0 Å². The molecule has 2 aromatic carbocycles. The summed E-state index contributed by atoms with van der Waals surface area (Å²) in [5.74, 6) is -2.87. The Hall–Kier alpha value is -3.30. The summed E-state index contributed by atoms with van der Waals surface area (Å²) in [7, 11) is 0.925. The van der Waals surface area contributed by atoms with Gasteiger partial charge in [-0.1, -0.05) is 42.5 Å². The van der Waals surface area contributed by atoms with Gasteiger partial charge >= 0.3 is 6.18 Å². The zero-order valence-corrected chi connectivity index (χ0v) is 14.8. The molecule has 0 bridgehead atoms. The maximum absolute atomic E-state index is 14.1. The third-order valence-electron chi connectivity index (χ3n) is 4.13. The second-order valence-electron chi connectivity index (χ2n) is 6.02. The largest absolute Gasteiger partial charge is 0.436 e. The summed E-state index contributed by atoms with van der Waals surface area (Å²) in [6.07, 6.45) is -7.88. The van der Waals surface area contributed by atoms with Crippen molar-refractivity contribution < 1.29 is 31.1 Å². The number of benzene rings is 2. The van der Waals surface area contributed by atoms with E-state index < -0.39 is 35.7 Å². The predicted octanol–water partition coefficient (Wildman–Crippen LogP) is 5.43. The maximum atomic E-state index is 14.1. The van der Waals surface area contributed by atoms with Gasteiger partial charge in [0.25, 0.3) is 12.3 Å². The molecule has 0 aliphatic rings. The summed E-state index contributed by atoms with van der Waals surface area (Å²) in [5, 5.41) is 5.20. The number of carbonyl (C=O) groups excluding carboxylic acids is 1. The predicted molar refractivity (Wildman–Crippen MR) is 93.0 cm³/mol. The highest BCUT2D eigenvalue weighted by atomic mass is 19.4. The van der Waals surface area contributed by atoms with E-state index in [4.69, 9.17) is 0 Å². The number of nitrogens with one attached hydrogen (secondary N) is 1. The van der Waals surface area contributed by atoms with Gasteiger partial charge in [0.15, 0.2) is 5.69 Å². The molecule has 1 amide bonds. The van der Waals surface area contributed by atoms with E-state index in [1.807, 2.05) is 0 Å². The van der Waals surface area contributed by atoms with E-state index in [1.54, 1.807) is 0 Å². The fraction of sp³-hybridized carbons (Fsp3) is 0.158. The Bertz CT molecular complexity index is 1060. The van der Waals surface area contributed by atoms with E-state index in [1.165, 1.54) is 48.5 Å². The smallest absolute Gasteiger partial charge is 0.321 e. The van der Waals surface area contributed by atoms with Crippen LogP contribution in [0.5, 0.6) is 0 Å². The van der Waals surface area contributed by atoms with Crippen LogP contribution in [0.2, 0.25) is 0 Å². The lowest BCUT2D eigenvalue weighted by molar-refractivity contribution is -0.141. The molecule has 0 aliphatic carbocycles. The highest BCUT2D eigenvalue weighted by Gasteiger charge is 2.41. The molecule has 1 aromatic heterocycles. The SMILES string of the molecule is Cn1nc(C(F)(F)F)c(C(=O)Nc2ccccc2-c2ccccc2C(F)F)c1F. The quantitative estimate of drug-likeness (QED) is 0.580. The summed E-state index contributed by atoms with van der Waals surface area (Å²) >= 11 is 0. The Morgan fingerprint density at radius 1 is 1.03 bits per heavy atom. The van der Waals surface area contributed by atoms with Crippen molar-refractivity contribution in [2.24, 2.45) is 7.05 Å². The van der Waals surface area contributed by atoms with E-state index in [0.29, 0.717) is 4.68 Å². The third kappa shape index (κ3) is 3.96. The Balaban J connectivity index is 2.06. The average Bonchev–Trinajstić information content (AvgIpc) is 2.97. The Labute approximate surface area is 160 Å². The van der Waals surface area contributed by atoms with E-state index in [9.17, 15) is 31.1 Å². The monoisotopic (exact) mass is 413 g/mol. The van der Waals surface area contributed by atoms with Gasteiger partial charge in [0.2, 0.25) is 5.95 Å². The lowest BCUT2D eigenvalue weighted by Gasteiger charge is -2.14. The van der Waals surface area contributed by atoms with E-state index in [2.05, 4.69) is 10.4 Å². The minimum Gasteiger partial charge on any atom is -0.321 e. The van der Waals surface area contributed by atoms with Crippen LogP contribution in [-0.2, 0) is 13.2 Å². The van der Waals surface area contributed by atoms with Gasteiger partial charge in [0.1, 0.15) is 5.56 Å². The number of anilines is 1. The molecule has 3 rings (SSSR count). The molecule has 0 spiro atoms. The second kappa shape index (κ2) is 7.61. The Morgan fingerprint density at radius 3 is 2.24 bits per heavy atom. The third-order valence-corrected chi connectivity index (χ3v) is 4.13. The van der Waals surface area contributed by atoms with E-state index >= 15 is 0 Å². The maximum Gasteiger partial charge on any atom is 0.436 e. The lowest BCUT2D eigenvalue weighted by atomic mass is 9.98. The molecular formula is C19H13F6N3O. The molecule has 0 aliphatic heterocycles. The van der Waals surface area contributed by atoms with Crippen molar-refractivity contribution in [3.8, 4) is 11.1 Å². The summed E-state index contributed by atoms with van der Waals surface area (Å²) < 4.78 is 80.5. The van der Waals surface area contributed by atoms with Crippen LogP contribution in [0.1, 0.15) is 28.0 Å². The first-order valence-electron chi connectivity index (χ1n) is 8.18. The number of para-hydroxylation sites is 1. The van der Waals surface area contributed by atoms with Gasteiger partial charge in [0, 0.05) is 23.9 Å². The molecule has 0 radical (unpaired) electrons. The van der Waals surface area contributed by atoms with Crippen molar-refractivity contribution in [1.82, 2.24) is 9.78 Å². The molecule has 1 N–H and O–H groups in total. The minimum absolute atomic E-state index is 0.0537. The fourth-order valence-corrected chi connectivity index (χ4v) is 2.85. The molecule has 4 nitrogen and oxygen atoms in total. The molecule has 29 heavy (non-hydrogen) atoms. The number of carbonyl (C=O) groups is 1. The van der Waals surface area contributed by atoms with Crippen LogP contribution in [0.25, 0.3) is 11.1 Å². The first kappa shape index (κ1) is 20.4. The van der Waals surface area contributed by atoms with Crippen molar-refractivity contribution in [3.05, 3.63) is 71.3 Å². The molecule has 1 heterocycles. The Kier molecular flexibility index (Phi) is 5.36. The van der Waals surface area contributed by atoms with E-state index in [0.717, 1.165) is 7.05 Å². The van der Waals surface area contributed by atoms with Crippen LogP contribution in [0.3, 0.4) is 0 Å². The number of halogens is 6. The number of aryl methyl sites for hydroxylation is 1. The van der Waals surface area contributed by atoms with Crippen molar-refractivity contribution in [2.45, 2.75) is 12.6 Å². The number of hydrogen-bond acceptors (Lipinski definition) is 2. The molecule has 0 saturated carbocycles. The topological polar surface area (TPSA) is 46.9 Å². The van der Waals surface area contributed by atoms with Gasteiger partial charge in [-0.2, -0.15) is 22.7 Å². The van der Waals surface area contributed by atoms with Crippen LogP contribution < -0.4 is 5.32 Å². The van der Waals surface area contributed by atoms with Crippen LogP contribution >= 0.6 is 0 Å². The minimum atomic E-state index is -5.06. The van der Waals surface area contributed by atoms with Gasteiger partial charge in [-0.3, -0.25) is 4.79 Å². The first-order chi connectivity index (χ1) is 13.6. The van der Waals surface area contributed by atoms with Gasteiger partial charge in [-0.15, -0.1) is 0 Å². The highest BCUT2D eigenvalue weighted by molar-refractivity contribution is 6.07. The normalized spacial score (nSPS) is 11.7. The molecule has 0 saturated heterocycles. The van der Waals surface area contributed by atoms with Gasteiger partial charge < -0.3 is 5.32 Å². The molecule has 0 atom stereocenters. The zero-order valence-electron chi connectivity index (χ0n) is 14.8. The fourth-order valence-electron chi connectivity index (χ4n) is 2.85. The van der Waals surface area contributed by atoms with Gasteiger partial charge in [-0.05, 0) is 11.6 Å². The summed E-state index contributed by atoms with van der Waals surface area (Å²) in [5.41, 5.74) is -3.10. The summed E-state index contributed by atoms with van der Waals surface area (Å²) in [6, 6.07) is 11.2. The summed E-state index contributed by atoms with van der Waals surface area (Å²) in [4.78, 5) is 12.5. The van der Waals surface area contributed by atoms with Gasteiger partial charge in [-0.25, -0.2) is 13.5 Å². The van der Waals surface area contributed by atoms with Crippen LogP contribution in [0.15, 0.2) is 48.5 Å². The van der Waals surface area contributed by atoms with Crippen LogP contribution in [0, 0.1) is 5.95 Å². The molecule has 3 aromatic rings. The van der Waals surface area contributed by atoms with Crippen molar-refractivity contribution in [2.75, 3.05) is 5.32 Å². The zero-order chi connectivity index (χ0) is 21.3. The van der Waals surface area contributed by atoms with Crippen LogP contribution in [-0.4, -0.2) is 15.7 Å². The molecular weight excluding hydrogens is 400 g/mol. The number of amides is 1. The molecule has 152 valence electrons. The van der Waals surface area contributed by atoms with Crippen molar-refractivity contribution >= 4 is 11.6 Å². The highest BCUT2D eigenvalue weighted by Crippen LogP contribution is 2.36. The Morgan fingerprint density at radius 2 is 1.62 bits per heavy atom. The number of aromatic nitrogens is 2. The first-order valence-corrected chi connectivity index (χ1v) is 8.18. The number of nitrogens with zero attached hydrogens (tertiary/aromatic N) is 2. The number of alkyl halides is 5. The van der Waals surface area contributed by atoms with E-state index in [-0.39, 0.29) is 22.4 Å². The molecule has 10 heteroatoms. The van der Waals surface area contributed by atoms with Crippen LogP contribution in [0.4, 0.5) is 32.0 Å². The van der Waals surface area contributed by atoms with Gasteiger partial charge in [0.05, 0.1) is 0 Å². The second-order valence-corrected chi connectivity index (χ2v) is 6.02. The summed E-state index contributed by atoms with van der Waals surface area (Å²) in [6.45, 7) is 0. The number of hydrogen-bond donors (Lipinski definition) is 1. The number of rotatable bonds is 4. The molecule has 0 fully saturated rings. The molecule has 0 unspecified atom stereocenters. The van der Waals surface area contributed by atoms with Crippen molar-refractivity contribution in [1.29, 1.82) is 0 Å².